The summed E-state index contributed by atoms with van der Waals surface area (Å²) in [7, 11) is 4.71. The molecular weight excluding hydrogens is 344 g/mol. The molecule has 3 rings (SSSR count). The molecule has 0 unspecified atom stereocenters. The fourth-order valence-corrected chi connectivity index (χ4v) is 3.08. The minimum Gasteiger partial charge on any atom is -0.496 e. The molecule has 0 N–H and O–H groups in total. The zero-order valence-electron chi connectivity index (χ0n) is 15.9. The molecule has 0 saturated carbocycles. The van der Waals surface area contributed by atoms with E-state index in [-0.39, 0.29) is 0 Å². The number of aryl methyl sites for hydroxylation is 2. The lowest BCUT2D eigenvalue weighted by atomic mass is 10.0. The predicted molar refractivity (Wildman–Crippen MR) is 105 cm³/mol. The Morgan fingerprint density at radius 3 is 2.78 bits per heavy atom. The first-order valence-electron chi connectivity index (χ1n) is 8.61. The van der Waals surface area contributed by atoms with Gasteiger partial charge < -0.3 is 14.5 Å². The molecule has 0 radical (unpaired) electrons. The number of benzene rings is 1. The minimum absolute atomic E-state index is 0.420. The van der Waals surface area contributed by atoms with E-state index < -0.39 is 5.97 Å². The van der Waals surface area contributed by atoms with Crippen LogP contribution in [0.1, 0.15) is 22.5 Å². The Morgan fingerprint density at radius 1 is 1.30 bits per heavy atom. The third-order valence-electron chi connectivity index (χ3n) is 4.32. The van der Waals surface area contributed by atoms with Gasteiger partial charge in [-0.25, -0.2) is 14.5 Å². The van der Waals surface area contributed by atoms with E-state index in [1.165, 1.54) is 7.11 Å². The smallest absolute Gasteiger partial charge is 0.338 e. The summed E-state index contributed by atoms with van der Waals surface area (Å²) in [5.74, 6) is 0.261. The molecular formula is C20H22N4O3. The van der Waals surface area contributed by atoms with Crippen molar-refractivity contribution >= 4 is 23.2 Å². The van der Waals surface area contributed by atoms with Gasteiger partial charge >= 0.3 is 5.97 Å². The Bertz CT molecular complexity index is 1010. The van der Waals surface area contributed by atoms with Gasteiger partial charge in [0, 0.05) is 31.8 Å². The van der Waals surface area contributed by atoms with E-state index >= 15 is 0 Å². The first kappa shape index (κ1) is 18.6. The van der Waals surface area contributed by atoms with Crippen LogP contribution in [0, 0.1) is 6.92 Å². The molecule has 140 valence electrons. The van der Waals surface area contributed by atoms with Crippen LogP contribution in [-0.2, 0) is 11.3 Å². The van der Waals surface area contributed by atoms with E-state index in [2.05, 4.69) is 10.1 Å². The number of rotatable bonds is 6. The molecule has 0 aliphatic heterocycles. The number of fused-ring (bicyclic) bond motifs is 1. The van der Waals surface area contributed by atoms with Crippen molar-refractivity contribution < 1.29 is 14.3 Å². The van der Waals surface area contributed by atoms with Crippen molar-refractivity contribution in [1.82, 2.24) is 14.8 Å². The minimum atomic E-state index is -0.420. The maximum absolute atomic E-state index is 12.4. The second-order valence-corrected chi connectivity index (χ2v) is 5.98. The van der Waals surface area contributed by atoms with Crippen LogP contribution in [0.5, 0.6) is 5.75 Å². The number of carbonyl (C=O) groups excluding carboxylic acids is 1. The number of hydrogen-bond acceptors (Lipinski definition) is 6. The Morgan fingerprint density at radius 2 is 2.07 bits per heavy atom. The third kappa shape index (κ3) is 3.53. The number of aromatic nitrogens is 3. The van der Waals surface area contributed by atoms with E-state index in [1.807, 2.05) is 37.4 Å². The highest BCUT2D eigenvalue weighted by Crippen LogP contribution is 2.32. The van der Waals surface area contributed by atoms with Crippen molar-refractivity contribution in [3.05, 3.63) is 41.6 Å². The lowest BCUT2D eigenvalue weighted by Gasteiger charge is -2.10. The fraction of sp³-hybridized carbons (Fsp3) is 0.300. The summed E-state index contributed by atoms with van der Waals surface area (Å²) in [5, 5.41) is 5.27. The molecule has 27 heavy (non-hydrogen) atoms. The summed E-state index contributed by atoms with van der Waals surface area (Å²) in [6, 6.07) is 9.30. The summed E-state index contributed by atoms with van der Waals surface area (Å²) in [5.41, 5.74) is 3.24. The monoisotopic (exact) mass is 366 g/mol. The number of carbonyl (C=O) groups is 1. The van der Waals surface area contributed by atoms with Gasteiger partial charge in [0.05, 0.1) is 36.6 Å². The molecule has 0 spiro atoms. The average Bonchev–Trinajstić information content (AvgIpc) is 3.02. The van der Waals surface area contributed by atoms with Gasteiger partial charge in [0.25, 0.3) is 0 Å². The number of pyridine rings is 1. The summed E-state index contributed by atoms with van der Waals surface area (Å²) in [6.07, 6.45) is 2.55. The number of para-hydroxylation sites is 1. The van der Waals surface area contributed by atoms with Gasteiger partial charge in [0.15, 0.2) is 5.65 Å². The highest BCUT2D eigenvalue weighted by Gasteiger charge is 2.21. The summed E-state index contributed by atoms with van der Waals surface area (Å²) in [6.45, 7) is 2.48. The number of ether oxygens (including phenoxy) is 2. The van der Waals surface area contributed by atoms with Crippen molar-refractivity contribution in [1.29, 1.82) is 0 Å². The molecule has 7 nitrogen and oxygen atoms in total. The van der Waals surface area contributed by atoms with E-state index in [9.17, 15) is 4.79 Å². The standard InChI is InChI=1S/C20H22N4O3/c1-13-18-15(20(25)27-4)12-16(14-8-5-6-9-17(14)26-3)22-19(18)24(23-13)11-7-10-21-2/h5-6,8-10,12H,7,11H2,1-4H3. The zero-order valence-corrected chi connectivity index (χ0v) is 15.9. The Kier molecular flexibility index (Phi) is 5.49. The van der Waals surface area contributed by atoms with Crippen molar-refractivity contribution in [3.8, 4) is 17.0 Å². The van der Waals surface area contributed by atoms with Crippen molar-refractivity contribution in [3.63, 3.8) is 0 Å². The zero-order chi connectivity index (χ0) is 19.4. The van der Waals surface area contributed by atoms with Crippen LogP contribution < -0.4 is 4.74 Å². The quantitative estimate of drug-likeness (QED) is 0.494. The molecule has 0 aliphatic rings. The molecule has 0 bridgehead atoms. The van der Waals surface area contributed by atoms with Crippen molar-refractivity contribution in [2.75, 3.05) is 21.3 Å². The molecule has 0 saturated heterocycles. The Balaban J connectivity index is 2.26. The van der Waals surface area contributed by atoms with Gasteiger partial charge in [-0.2, -0.15) is 5.10 Å². The lowest BCUT2D eigenvalue weighted by molar-refractivity contribution is 0.0603. The van der Waals surface area contributed by atoms with Gasteiger partial charge in [0.2, 0.25) is 0 Å². The molecule has 2 heterocycles. The van der Waals surface area contributed by atoms with E-state index in [1.54, 1.807) is 24.9 Å². The predicted octanol–water partition coefficient (Wildman–Crippen LogP) is 3.29. The first-order valence-corrected chi connectivity index (χ1v) is 8.61. The maximum Gasteiger partial charge on any atom is 0.338 e. The van der Waals surface area contributed by atoms with E-state index in [0.29, 0.717) is 34.6 Å². The third-order valence-corrected chi connectivity index (χ3v) is 4.32. The van der Waals surface area contributed by atoms with Crippen LogP contribution >= 0.6 is 0 Å². The van der Waals surface area contributed by atoms with Gasteiger partial charge in [-0.15, -0.1) is 0 Å². The number of methoxy groups -OCH3 is 2. The van der Waals surface area contributed by atoms with Gasteiger partial charge in [-0.05, 0) is 25.1 Å². The van der Waals surface area contributed by atoms with Crippen molar-refractivity contribution in [2.24, 2.45) is 4.99 Å². The number of aliphatic imine (C=N–C) groups is 1. The summed E-state index contributed by atoms with van der Waals surface area (Å²) < 4.78 is 12.3. The number of hydrogen-bond donors (Lipinski definition) is 0. The van der Waals surface area contributed by atoms with Gasteiger partial charge in [-0.1, -0.05) is 12.1 Å². The van der Waals surface area contributed by atoms with Crippen LogP contribution in [0.25, 0.3) is 22.3 Å². The highest BCUT2D eigenvalue weighted by molar-refractivity contribution is 6.05. The van der Waals surface area contributed by atoms with E-state index in [0.717, 1.165) is 17.7 Å². The lowest BCUT2D eigenvalue weighted by Crippen LogP contribution is -2.06. The molecule has 0 atom stereocenters. The topological polar surface area (TPSA) is 78.6 Å². The summed E-state index contributed by atoms with van der Waals surface area (Å²) >= 11 is 0. The SMILES string of the molecule is CN=CCCn1nc(C)c2c(C(=O)OC)cc(-c3ccccc3OC)nc21. The number of nitrogens with zero attached hydrogens (tertiary/aromatic N) is 4. The van der Waals surface area contributed by atoms with Crippen LogP contribution in [0.4, 0.5) is 0 Å². The summed E-state index contributed by atoms with van der Waals surface area (Å²) in [4.78, 5) is 21.3. The maximum atomic E-state index is 12.4. The second kappa shape index (κ2) is 7.99. The normalized spacial score (nSPS) is 11.3. The number of esters is 1. The average molecular weight is 366 g/mol. The van der Waals surface area contributed by atoms with Crippen LogP contribution in [0.2, 0.25) is 0 Å². The fourth-order valence-electron chi connectivity index (χ4n) is 3.08. The van der Waals surface area contributed by atoms with Crippen LogP contribution in [0.3, 0.4) is 0 Å². The second-order valence-electron chi connectivity index (χ2n) is 5.98. The molecule has 1 aromatic carbocycles. The molecule has 2 aromatic heterocycles. The van der Waals surface area contributed by atoms with Gasteiger partial charge in [-0.3, -0.25) is 0 Å². The first-order chi connectivity index (χ1) is 13.1. The molecule has 0 amide bonds. The molecule has 0 aliphatic carbocycles. The van der Waals surface area contributed by atoms with Crippen molar-refractivity contribution in [2.45, 2.75) is 19.9 Å². The highest BCUT2D eigenvalue weighted by atomic mass is 16.5. The molecule has 7 heteroatoms. The molecule has 0 fully saturated rings. The van der Waals surface area contributed by atoms with Crippen LogP contribution in [0.15, 0.2) is 35.3 Å². The van der Waals surface area contributed by atoms with Crippen LogP contribution in [-0.4, -0.2) is 48.2 Å². The largest absolute Gasteiger partial charge is 0.496 e. The molecule has 3 aromatic rings. The Hall–Kier alpha value is -3.22. The van der Waals surface area contributed by atoms with Gasteiger partial charge in [0.1, 0.15) is 5.75 Å². The van der Waals surface area contributed by atoms with E-state index in [4.69, 9.17) is 14.5 Å². The Labute approximate surface area is 157 Å².